The summed E-state index contributed by atoms with van der Waals surface area (Å²) >= 11 is 0. The molecule has 1 aromatic heterocycles. The number of rotatable bonds is 6. The number of carbonyl (C=O) groups excluding carboxylic acids is 2. The molecular formula is C18H17FN6O3. The summed E-state index contributed by atoms with van der Waals surface area (Å²) in [6, 6.07) is 12.4. The van der Waals surface area contributed by atoms with Crippen molar-refractivity contribution in [1.82, 2.24) is 15.0 Å². The predicted molar refractivity (Wildman–Crippen MR) is 100 cm³/mol. The van der Waals surface area contributed by atoms with Crippen molar-refractivity contribution < 1.29 is 18.7 Å². The number of methoxy groups -OCH3 is 1. The van der Waals surface area contributed by atoms with Crippen LogP contribution in [-0.2, 0) is 11.3 Å². The van der Waals surface area contributed by atoms with Crippen molar-refractivity contribution in [3.8, 4) is 5.75 Å². The van der Waals surface area contributed by atoms with Crippen LogP contribution in [-0.4, -0.2) is 33.9 Å². The topological polar surface area (TPSA) is 124 Å². The van der Waals surface area contributed by atoms with E-state index in [0.717, 1.165) is 4.68 Å². The Bertz CT molecular complexity index is 1000. The maximum absolute atomic E-state index is 13.7. The van der Waals surface area contributed by atoms with E-state index < -0.39 is 17.6 Å². The van der Waals surface area contributed by atoms with Crippen LogP contribution in [0.3, 0.4) is 0 Å². The second-order valence-electron chi connectivity index (χ2n) is 5.69. The van der Waals surface area contributed by atoms with Gasteiger partial charge in [-0.05, 0) is 36.4 Å². The number of nitrogens with one attached hydrogen (secondary N) is 2. The fraction of sp³-hybridized carbons (Fsp3) is 0.111. The number of para-hydroxylation sites is 1. The van der Waals surface area contributed by atoms with Crippen LogP contribution in [0.25, 0.3) is 0 Å². The molecule has 4 N–H and O–H groups in total. The molecule has 3 aromatic rings. The zero-order valence-electron chi connectivity index (χ0n) is 14.8. The van der Waals surface area contributed by atoms with Gasteiger partial charge in [-0.2, -0.15) is 0 Å². The number of nitrogens with two attached hydrogens (primary N) is 1. The highest BCUT2D eigenvalue weighted by molar-refractivity contribution is 6.05. The maximum Gasteiger partial charge on any atom is 0.280 e. The number of halogens is 1. The lowest BCUT2D eigenvalue weighted by molar-refractivity contribution is -0.116. The van der Waals surface area contributed by atoms with Gasteiger partial charge in [-0.15, -0.1) is 5.10 Å². The molecule has 0 atom stereocenters. The van der Waals surface area contributed by atoms with Gasteiger partial charge in [-0.3, -0.25) is 9.59 Å². The Labute approximate surface area is 159 Å². The number of hydrogen-bond donors (Lipinski definition) is 3. The summed E-state index contributed by atoms with van der Waals surface area (Å²) < 4.78 is 19.8. The quantitative estimate of drug-likeness (QED) is 0.596. The Morgan fingerprint density at radius 2 is 1.86 bits per heavy atom. The van der Waals surface area contributed by atoms with Crippen LogP contribution in [0.1, 0.15) is 10.5 Å². The molecule has 9 nitrogen and oxygen atoms in total. The summed E-state index contributed by atoms with van der Waals surface area (Å²) in [7, 11) is 1.54. The highest BCUT2D eigenvalue weighted by Crippen LogP contribution is 2.17. The molecule has 2 amide bonds. The first-order valence-electron chi connectivity index (χ1n) is 8.16. The lowest BCUT2D eigenvalue weighted by Gasteiger charge is -2.07. The van der Waals surface area contributed by atoms with Gasteiger partial charge in [-0.1, -0.05) is 17.3 Å². The second-order valence-corrected chi connectivity index (χ2v) is 5.69. The molecule has 28 heavy (non-hydrogen) atoms. The standard InChI is InChI=1S/C18H17FN6O3/c1-28-12-8-6-11(7-9-12)21-15(26)10-25-17(20)16(23-24-25)18(27)22-14-5-3-2-4-13(14)19/h2-9H,10,20H2,1H3,(H,21,26)(H,22,27). The number of carbonyl (C=O) groups is 2. The first-order chi connectivity index (χ1) is 13.5. The number of ether oxygens (including phenoxy) is 1. The number of benzene rings is 2. The molecule has 0 saturated carbocycles. The first-order valence-corrected chi connectivity index (χ1v) is 8.16. The molecular weight excluding hydrogens is 367 g/mol. The monoisotopic (exact) mass is 384 g/mol. The van der Waals surface area contributed by atoms with Crippen molar-refractivity contribution in [2.24, 2.45) is 0 Å². The third-order valence-electron chi connectivity index (χ3n) is 3.78. The van der Waals surface area contributed by atoms with E-state index in [1.54, 1.807) is 37.4 Å². The molecule has 0 aliphatic carbocycles. The number of amides is 2. The molecule has 0 bridgehead atoms. The van der Waals surface area contributed by atoms with Crippen molar-refractivity contribution >= 4 is 29.0 Å². The minimum absolute atomic E-state index is 0.0151. The number of anilines is 3. The van der Waals surface area contributed by atoms with Crippen molar-refractivity contribution in [1.29, 1.82) is 0 Å². The Kier molecular flexibility index (Phi) is 5.49. The van der Waals surface area contributed by atoms with E-state index in [-0.39, 0.29) is 23.7 Å². The van der Waals surface area contributed by atoms with Gasteiger partial charge >= 0.3 is 0 Å². The van der Waals surface area contributed by atoms with Gasteiger partial charge in [0.2, 0.25) is 5.91 Å². The van der Waals surface area contributed by atoms with Gasteiger partial charge in [0.15, 0.2) is 11.5 Å². The lowest BCUT2D eigenvalue weighted by Crippen LogP contribution is -2.21. The zero-order chi connectivity index (χ0) is 20.1. The molecule has 0 radical (unpaired) electrons. The van der Waals surface area contributed by atoms with Gasteiger partial charge in [-0.25, -0.2) is 9.07 Å². The summed E-state index contributed by atoms with van der Waals surface area (Å²) in [5.41, 5.74) is 6.20. The van der Waals surface area contributed by atoms with E-state index in [2.05, 4.69) is 20.9 Å². The van der Waals surface area contributed by atoms with Gasteiger partial charge in [0.25, 0.3) is 5.91 Å². The average molecular weight is 384 g/mol. The smallest absolute Gasteiger partial charge is 0.280 e. The van der Waals surface area contributed by atoms with Crippen LogP contribution in [0.4, 0.5) is 21.6 Å². The van der Waals surface area contributed by atoms with Gasteiger partial charge in [0, 0.05) is 5.69 Å². The Morgan fingerprint density at radius 3 is 2.54 bits per heavy atom. The third kappa shape index (κ3) is 4.23. The molecule has 0 unspecified atom stereocenters. The van der Waals surface area contributed by atoms with E-state index in [1.165, 1.54) is 18.2 Å². The van der Waals surface area contributed by atoms with E-state index >= 15 is 0 Å². The minimum Gasteiger partial charge on any atom is -0.497 e. The van der Waals surface area contributed by atoms with Crippen molar-refractivity contribution in [3.05, 3.63) is 60.0 Å². The Hall–Kier alpha value is -3.95. The fourth-order valence-electron chi connectivity index (χ4n) is 2.35. The van der Waals surface area contributed by atoms with E-state index in [4.69, 9.17) is 10.5 Å². The van der Waals surface area contributed by atoms with Crippen LogP contribution in [0.2, 0.25) is 0 Å². The normalized spacial score (nSPS) is 10.4. The molecule has 1 heterocycles. The third-order valence-corrected chi connectivity index (χ3v) is 3.78. The predicted octanol–water partition coefficient (Wildman–Crippen LogP) is 1.90. The van der Waals surface area contributed by atoms with Crippen LogP contribution in [0.15, 0.2) is 48.5 Å². The van der Waals surface area contributed by atoms with E-state index in [1.807, 2.05) is 0 Å². The highest BCUT2D eigenvalue weighted by Gasteiger charge is 2.20. The van der Waals surface area contributed by atoms with E-state index in [0.29, 0.717) is 11.4 Å². The Morgan fingerprint density at radius 1 is 1.14 bits per heavy atom. The lowest BCUT2D eigenvalue weighted by atomic mass is 10.3. The van der Waals surface area contributed by atoms with Crippen molar-refractivity contribution in [2.75, 3.05) is 23.5 Å². The average Bonchev–Trinajstić information content (AvgIpc) is 3.04. The molecule has 2 aromatic carbocycles. The molecule has 0 spiro atoms. The largest absolute Gasteiger partial charge is 0.497 e. The number of aromatic nitrogens is 3. The fourth-order valence-corrected chi connectivity index (χ4v) is 2.35. The summed E-state index contributed by atoms with van der Waals surface area (Å²) in [6.07, 6.45) is 0. The van der Waals surface area contributed by atoms with Crippen molar-refractivity contribution in [3.63, 3.8) is 0 Å². The number of nitrogen functional groups attached to an aromatic ring is 1. The SMILES string of the molecule is COc1ccc(NC(=O)Cn2nnc(C(=O)Nc3ccccc3F)c2N)cc1. The minimum atomic E-state index is -0.732. The van der Waals surface area contributed by atoms with Crippen LogP contribution in [0.5, 0.6) is 5.75 Å². The molecule has 10 heteroatoms. The first kappa shape index (κ1) is 18.8. The summed E-state index contributed by atoms with van der Waals surface area (Å²) in [5, 5.41) is 12.4. The molecule has 0 aliphatic rings. The van der Waals surface area contributed by atoms with Gasteiger partial charge in [0.05, 0.1) is 12.8 Å². The summed E-state index contributed by atoms with van der Waals surface area (Å²) in [6.45, 7) is -0.252. The summed E-state index contributed by atoms with van der Waals surface area (Å²) in [4.78, 5) is 24.4. The molecule has 3 rings (SSSR count). The van der Waals surface area contributed by atoms with Crippen LogP contribution >= 0.6 is 0 Å². The number of hydrogen-bond acceptors (Lipinski definition) is 6. The number of nitrogens with zero attached hydrogens (tertiary/aromatic N) is 3. The summed E-state index contributed by atoms with van der Waals surface area (Å²) in [5.74, 6) is -1.20. The van der Waals surface area contributed by atoms with Crippen LogP contribution in [0, 0.1) is 5.82 Å². The molecule has 0 fully saturated rings. The maximum atomic E-state index is 13.7. The van der Waals surface area contributed by atoms with Gasteiger partial charge < -0.3 is 21.1 Å². The zero-order valence-corrected chi connectivity index (χ0v) is 14.8. The Balaban J connectivity index is 1.65. The van der Waals surface area contributed by atoms with Gasteiger partial charge in [0.1, 0.15) is 18.1 Å². The second kappa shape index (κ2) is 8.16. The van der Waals surface area contributed by atoms with E-state index in [9.17, 15) is 14.0 Å². The molecule has 144 valence electrons. The van der Waals surface area contributed by atoms with Crippen molar-refractivity contribution in [2.45, 2.75) is 6.54 Å². The highest BCUT2D eigenvalue weighted by atomic mass is 19.1. The molecule has 0 saturated heterocycles. The van der Waals surface area contributed by atoms with Crippen LogP contribution < -0.4 is 21.1 Å². The molecule has 0 aliphatic heterocycles.